The van der Waals surface area contributed by atoms with E-state index in [1.807, 2.05) is 23.8 Å². The maximum atomic E-state index is 12.3. The van der Waals surface area contributed by atoms with E-state index in [-0.39, 0.29) is 12.2 Å². The minimum absolute atomic E-state index is 0.0520. The van der Waals surface area contributed by atoms with E-state index in [0.717, 1.165) is 5.01 Å². The highest BCUT2D eigenvalue weighted by atomic mass is 32.1. The fraction of sp³-hybridized carbons (Fsp3) is 0.188. The molecule has 132 valence electrons. The van der Waals surface area contributed by atoms with Crippen LogP contribution in [-0.2, 0) is 23.2 Å². The van der Waals surface area contributed by atoms with Gasteiger partial charge in [0.2, 0.25) is 5.78 Å². The Morgan fingerprint density at radius 3 is 2.96 bits per heavy atom. The van der Waals surface area contributed by atoms with E-state index in [9.17, 15) is 9.59 Å². The molecular formula is C16H13N5O3S2. The van der Waals surface area contributed by atoms with Crippen molar-refractivity contribution in [1.29, 1.82) is 0 Å². The molecule has 4 aromatic heterocycles. The number of rotatable bonds is 4. The van der Waals surface area contributed by atoms with Crippen LogP contribution in [0.3, 0.4) is 0 Å². The maximum Gasteiger partial charge on any atom is 0.331 e. The number of thiazole rings is 1. The number of fused-ring (bicyclic) bond motifs is 3. The summed E-state index contributed by atoms with van der Waals surface area (Å²) in [6.07, 6.45) is 2.93. The zero-order valence-electron chi connectivity index (χ0n) is 13.9. The molecule has 0 spiro atoms. The second kappa shape index (κ2) is 6.46. The Bertz CT molecular complexity index is 1210. The molecule has 0 aromatic carbocycles. The van der Waals surface area contributed by atoms with E-state index in [1.165, 1.54) is 33.3 Å². The lowest BCUT2D eigenvalue weighted by atomic mass is 10.4. The molecule has 0 atom stereocenters. The molecule has 0 radical (unpaired) electrons. The minimum atomic E-state index is -0.501. The van der Waals surface area contributed by atoms with Gasteiger partial charge in [0.15, 0.2) is 12.4 Å². The van der Waals surface area contributed by atoms with Gasteiger partial charge < -0.3 is 4.74 Å². The Hall–Kier alpha value is -2.85. The Balaban J connectivity index is 1.59. The molecule has 0 aliphatic heterocycles. The van der Waals surface area contributed by atoms with Crippen molar-refractivity contribution < 1.29 is 9.53 Å². The van der Waals surface area contributed by atoms with E-state index in [0.29, 0.717) is 27.5 Å². The first-order valence-corrected chi connectivity index (χ1v) is 9.37. The molecule has 0 saturated carbocycles. The van der Waals surface area contributed by atoms with E-state index >= 15 is 0 Å². The Morgan fingerprint density at radius 2 is 2.19 bits per heavy atom. The zero-order chi connectivity index (χ0) is 18.3. The van der Waals surface area contributed by atoms with E-state index in [2.05, 4.69) is 15.2 Å². The average Bonchev–Trinajstić information content (AvgIpc) is 3.34. The van der Waals surface area contributed by atoms with Crippen molar-refractivity contribution in [2.75, 3.05) is 0 Å². The molecule has 0 aliphatic rings. The van der Waals surface area contributed by atoms with Gasteiger partial charge in [0.1, 0.15) is 4.70 Å². The Labute approximate surface area is 155 Å². The van der Waals surface area contributed by atoms with Gasteiger partial charge in [-0.15, -0.1) is 32.9 Å². The number of thiophene rings is 1. The third-order valence-corrected chi connectivity index (χ3v) is 5.45. The number of ether oxygens (including phenoxy) is 1. The fourth-order valence-corrected chi connectivity index (χ4v) is 3.97. The van der Waals surface area contributed by atoms with E-state index in [1.54, 1.807) is 17.5 Å². The zero-order valence-corrected chi connectivity index (χ0v) is 15.5. The average molecular weight is 387 g/mol. The summed E-state index contributed by atoms with van der Waals surface area (Å²) >= 11 is 2.86. The third-order valence-electron chi connectivity index (χ3n) is 3.77. The maximum absolute atomic E-state index is 12.3. The molecule has 10 heteroatoms. The topological polar surface area (TPSA) is 91.4 Å². The predicted molar refractivity (Wildman–Crippen MR) is 99.3 cm³/mol. The molecule has 0 amide bonds. The van der Waals surface area contributed by atoms with E-state index in [4.69, 9.17) is 4.74 Å². The second-order valence-electron chi connectivity index (χ2n) is 5.48. The van der Waals surface area contributed by atoms with Crippen molar-refractivity contribution in [1.82, 2.24) is 24.1 Å². The van der Waals surface area contributed by atoms with Crippen LogP contribution in [0.25, 0.3) is 22.1 Å². The monoisotopic (exact) mass is 387 g/mol. The number of nitrogens with zero attached hydrogens (tertiary/aromatic N) is 5. The largest absolute Gasteiger partial charge is 0.454 e. The number of esters is 1. The molecule has 0 fully saturated rings. The van der Waals surface area contributed by atoms with Gasteiger partial charge >= 0.3 is 5.97 Å². The summed E-state index contributed by atoms with van der Waals surface area (Å²) in [5, 5.41) is 12.7. The smallest absolute Gasteiger partial charge is 0.331 e. The van der Waals surface area contributed by atoms with Crippen LogP contribution < -0.4 is 5.56 Å². The molecule has 4 heterocycles. The SMILES string of the molecule is Cc1nc(/C=C/C(=O)OCc2nnc3n(C)c(=O)c4sccc4n23)cs1. The van der Waals surface area contributed by atoms with Crippen LogP contribution in [0.1, 0.15) is 16.5 Å². The highest BCUT2D eigenvalue weighted by molar-refractivity contribution is 7.17. The minimum Gasteiger partial charge on any atom is -0.454 e. The third kappa shape index (κ3) is 2.82. The second-order valence-corrected chi connectivity index (χ2v) is 7.46. The summed E-state index contributed by atoms with van der Waals surface area (Å²) in [7, 11) is 1.64. The van der Waals surface area contributed by atoms with Crippen molar-refractivity contribution in [2.24, 2.45) is 7.05 Å². The molecular weight excluding hydrogens is 374 g/mol. The van der Waals surface area contributed by atoms with Crippen LogP contribution >= 0.6 is 22.7 Å². The van der Waals surface area contributed by atoms with Gasteiger partial charge in [-0.1, -0.05) is 0 Å². The summed E-state index contributed by atoms with van der Waals surface area (Å²) in [6.45, 7) is 1.85. The van der Waals surface area contributed by atoms with Gasteiger partial charge in [0, 0.05) is 18.5 Å². The van der Waals surface area contributed by atoms with Crippen LogP contribution in [0.15, 0.2) is 27.7 Å². The molecule has 0 bridgehead atoms. The van der Waals surface area contributed by atoms with E-state index < -0.39 is 5.97 Å². The number of carbonyl (C=O) groups is 1. The quantitative estimate of drug-likeness (QED) is 0.394. The van der Waals surface area contributed by atoms with Crippen molar-refractivity contribution in [3.8, 4) is 0 Å². The molecule has 4 aromatic rings. The molecule has 0 saturated heterocycles. The molecule has 0 N–H and O–H groups in total. The number of carbonyl (C=O) groups excluding carboxylic acids is 1. The van der Waals surface area contributed by atoms with Gasteiger partial charge in [0.25, 0.3) is 5.56 Å². The standard InChI is InChI=1S/C16H13N5O3S2/c1-9-17-10(8-26-9)3-4-13(22)24-7-12-18-19-16-20(2)15(23)14-11(21(12)16)5-6-25-14/h3-6,8H,7H2,1-2H3/b4-3+. The Morgan fingerprint density at radius 1 is 1.35 bits per heavy atom. The molecule has 0 unspecified atom stereocenters. The highest BCUT2D eigenvalue weighted by Crippen LogP contribution is 2.19. The summed E-state index contributed by atoms with van der Waals surface area (Å²) in [4.78, 5) is 28.5. The van der Waals surface area contributed by atoms with Crippen LogP contribution in [-0.4, -0.2) is 30.1 Å². The van der Waals surface area contributed by atoms with Gasteiger partial charge in [-0.25, -0.2) is 9.78 Å². The predicted octanol–water partition coefficient (Wildman–Crippen LogP) is 2.16. The van der Waals surface area contributed by atoms with Crippen LogP contribution in [0.5, 0.6) is 0 Å². The van der Waals surface area contributed by atoms with Gasteiger partial charge in [-0.3, -0.25) is 13.8 Å². The summed E-state index contributed by atoms with van der Waals surface area (Å²) in [6, 6.07) is 1.83. The molecule has 4 rings (SSSR count). The number of hydrogen-bond acceptors (Lipinski definition) is 8. The summed E-state index contributed by atoms with van der Waals surface area (Å²) < 4.78 is 9.03. The van der Waals surface area contributed by atoms with Gasteiger partial charge in [-0.05, 0) is 24.4 Å². The lowest BCUT2D eigenvalue weighted by Crippen LogP contribution is -2.19. The summed E-state index contributed by atoms with van der Waals surface area (Å²) in [5.74, 6) is 0.351. The van der Waals surface area contributed by atoms with Crippen LogP contribution in [0.4, 0.5) is 0 Å². The lowest BCUT2D eigenvalue weighted by Gasteiger charge is -2.05. The van der Waals surface area contributed by atoms with Crippen molar-refractivity contribution in [2.45, 2.75) is 13.5 Å². The first-order valence-electron chi connectivity index (χ1n) is 7.62. The number of aryl methyl sites for hydroxylation is 2. The first kappa shape index (κ1) is 16.6. The Kier molecular flexibility index (Phi) is 4.13. The van der Waals surface area contributed by atoms with Crippen LogP contribution in [0, 0.1) is 6.92 Å². The van der Waals surface area contributed by atoms with Gasteiger partial charge in [0.05, 0.1) is 16.2 Å². The van der Waals surface area contributed by atoms with Crippen LogP contribution in [0.2, 0.25) is 0 Å². The van der Waals surface area contributed by atoms with Crippen molar-refractivity contribution >= 4 is 50.7 Å². The van der Waals surface area contributed by atoms with Crippen molar-refractivity contribution in [3.63, 3.8) is 0 Å². The fourth-order valence-electron chi connectivity index (χ4n) is 2.54. The molecule has 0 aliphatic carbocycles. The first-order chi connectivity index (χ1) is 12.5. The number of hydrogen-bond donors (Lipinski definition) is 0. The number of aromatic nitrogens is 5. The lowest BCUT2D eigenvalue weighted by molar-refractivity contribution is -0.139. The van der Waals surface area contributed by atoms with Gasteiger partial charge in [-0.2, -0.15) is 0 Å². The van der Waals surface area contributed by atoms with Crippen molar-refractivity contribution in [3.05, 3.63) is 49.8 Å². The highest BCUT2D eigenvalue weighted by Gasteiger charge is 2.16. The summed E-state index contributed by atoms with van der Waals surface area (Å²) in [5.41, 5.74) is 1.30. The molecule has 26 heavy (non-hydrogen) atoms. The molecule has 8 nitrogen and oxygen atoms in total. The normalized spacial score (nSPS) is 11.8.